The van der Waals surface area contributed by atoms with Gasteiger partial charge in [-0.05, 0) is 46.2 Å². The number of aromatic nitrogens is 1. The Balaban J connectivity index is 2.76. The minimum absolute atomic E-state index is 0.0700. The molecular weight excluding hydrogens is 222 g/mol. The van der Waals surface area contributed by atoms with Crippen molar-refractivity contribution in [2.75, 3.05) is 11.9 Å². The summed E-state index contributed by atoms with van der Waals surface area (Å²) in [5.74, 6) is 0.669. The number of nitrogens with one attached hydrogen (secondary N) is 2. The van der Waals surface area contributed by atoms with Gasteiger partial charge in [-0.25, -0.2) is 0 Å². The Bertz CT molecular complexity index is 378. The van der Waals surface area contributed by atoms with E-state index in [4.69, 9.17) is 0 Å². The van der Waals surface area contributed by atoms with Gasteiger partial charge in [0.2, 0.25) is 0 Å². The Morgan fingerprint density at radius 1 is 1.28 bits per heavy atom. The molecule has 0 fully saturated rings. The van der Waals surface area contributed by atoms with Crippen molar-refractivity contribution in [3.05, 3.63) is 23.5 Å². The molecule has 0 atom stereocenters. The zero-order valence-electron chi connectivity index (χ0n) is 12.6. The van der Waals surface area contributed by atoms with Gasteiger partial charge in [0.05, 0.1) is 0 Å². The van der Waals surface area contributed by atoms with E-state index in [9.17, 15) is 0 Å². The maximum Gasteiger partial charge on any atom is 0.0423 e. The van der Waals surface area contributed by atoms with E-state index < -0.39 is 0 Å². The van der Waals surface area contributed by atoms with Gasteiger partial charge in [0, 0.05) is 35.2 Å². The van der Waals surface area contributed by atoms with Crippen molar-refractivity contribution in [2.45, 2.75) is 53.6 Å². The summed E-state index contributed by atoms with van der Waals surface area (Å²) in [6, 6.07) is 2.12. The minimum atomic E-state index is 0.0700. The molecule has 3 heteroatoms. The van der Waals surface area contributed by atoms with E-state index in [0.717, 1.165) is 18.8 Å². The summed E-state index contributed by atoms with van der Waals surface area (Å²) in [5, 5.41) is 7.02. The standard InChI is InChI=1S/C15H27N3/c1-11(2)8-16-9-13-10-17-12(3)7-14(13)18-15(4,5)6/h7,10-11,16H,8-9H2,1-6H3,(H,17,18). The minimum Gasteiger partial charge on any atom is -0.380 e. The Morgan fingerprint density at radius 2 is 1.94 bits per heavy atom. The van der Waals surface area contributed by atoms with Gasteiger partial charge in [-0.15, -0.1) is 0 Å². The van der Waals surface area contributed by atoms with E-state index in [1.54, 1.807) is 0 Å². The summed E-state index contributed by atoms with van der Waals surface area (Å²) in [6.45, 7) is 14.9. The fraction of sp³-hybridized carbons (Fsp3) is 0.667. The van der Waals surface area contributed by atoms with Gasteiger partial charge in [-0.3, -0.25) is 4.98 Å². The van der Waals surface area contributed by atoms with E-state index in [1.807, 2.05) is 13.1 Å². The molecule has 0 saturated carbocycles. The molecule has 0 saturated heterocycles. The van der Waals surface area contributed by atoms with Crippen molar-refractivity contribution >= 4 is 5.69 Å². The summed E-state index contributed by atoms with van der Waals surface area (Å²) in [5.41, 5.74) is 3.54. The topological polar surface area (TPSA) is 37.0 Å². The second-order valence-electron chi connectivity index (χ2n) is 6.38. The molecule has 1 aromatic rings. The lowest BCUT2D eigenvalue weighted by Crippen LogP contribution is -2.28. The Morgan fingerprint density at radius 3 is 2.50 bits per heavy atom. The number of rotatable bonds is 5. The highest BCUT2D eigenvalue weighted by molar-refractivity contribution is 5.52. The normalized spacial score (nSPS) is 11.9. The van der Waals surface area contributed by atoms with Gasteiger partial charge in [0.1, 0.15) is 0 Å². The van der Waals surface area contributed by atoms with Crippen LogP contribution < -0.4 is 10.6 Å². The molecule has 0 aliphatic carbocycles. The van der Waals surface area contributed by atoms with E-state index in [-0.39, 0.29) is 5.54 Å². The van der Waals surface area contributed by atoms with E-state index in [0.29, 0.717) is 5.92 Å². The molecule has 0 spiro atoms. The van der Waals surface area contributed by atoms with Crippen molar-refractivity contribution < 1.29 is 0 Å². The lowest BCUT2D eigenvalue weighted by atomic mass is 10.1. The lowest BCUT2D eigenvalue weighted by Gasteiger charge is -2.24. The highest BCUT2D eigenvalue weighted by Gasteiger charge is 2.12. The Kier molecular flexibility index (Phi) is 5.15. The van der Waals surface area contributed by atoms with Crippen LogP contribution in [0.25, 0.3) is 0 Å². The van der Waals surface area contributed by atoms with Crippen LogP contribution in [0.5, 0.6) is 0 Å². The second-order valence-corrected chi connectivity index (χ2v) is 6.38. The van der Waals surface area contributed by atoms with Crippen LogP contribution in [0.15, 0.2) is 12.3 Å². The highest BCUT2D eigenvalue weighted by atomic mass is 15.0. The summed E-state index contributed by atoms with van der Waals surface area (Å²) in [7, 11) is 0. The van der Waals surface area contributed by atoms with Crippen molar-refractivity contribution in [3.63, 3.8) is 0 Å². The number of hydrogen-bond acceptors (Lipinski definition) is 3. The molecule has 0 bridgehead atoms. The summed E-state index contributed by atoms with van der Waals surface area (Å²) >= 11 is 0. The van der Waals surface area contributed by atoms with Crippen molar-refractivity contribution in [3.8, 4) is 0 Å². The number of hydrogen-bond donors (Lipinski definition) is 2. The first-order chi connectivity index (χ1) is 8.28. The SMILES string of the molecule is Cc1cc(NC(C)(C)C)c(CNCC(C)C)cn1. The third kappa shape index (κ3) is 5.50. The van der Waals surface area contributed by atoms with E-state index in [1.165, 1.54) is 11.3 Å². The smallest absolute Gasteiger partial charge is 0.0423 e. The molecule has 0 unspecified atom stereocenters. The van der Waals surface area contributed by atoms with E-state index in [2.05, 4.69) is 56.3 Å². The summed E-state index contributed by atoms with van der Waals surface area (Å²) in [4.78, 5) is 4.39. The van der Waals surface area contributed by atoms with Gasteiger partial charge in [-0.2, -0.15) is 0 Å². The van der Waals surface area contributed by atoms with Crippen LogP contribution in [0.3, 0.4) is 0 Å². The fourth-order valence-electron chi connectivity index (χ4n) is 1.74. The van der Waals surface area contributed by atoms with Crippen LogP contribution in [0.2, 0.25) is 0 Å². The van der Waals surface area contributed by atoms with Crippen molar-refractivity contribution in [1.82, 2.24) is 10.3 Å². The zero-order chi connectivity index (χ0) is 13.8. The largest absolute Gasteiger partial charge is 0.380 e. The molecule has 102 valence electrons. The average molecular weight is 249 g/mol. The Labute approximate surface area is 111 Å². The van der Waals surface area contributed by atoms with Gasteiger partial charge in [0.15, 0.2) is 0 Å². The molecule has 1 rings (SSSR count). The van der Waals surface area contributed by atoms with Crippen LogP contribution in [-0.4, -0.2) is 17.1 Å². The summed E-state index contributed by atoms with van der Waals surface area (Å²) in [6.07, 6.45) is 1.97. The number of aryl methyl sites for hydroxylation is 1. The van der Waals surface area contributed by atoms with Crippen molar-refractivity contribution in [2.24, 2.45) is 5.92 Å². The molecule has 0 aromatic carbocycles. The average Bonchev–Trinajstić information content (AvgIpc) is 2.18. The fourth-order valence-corrected chi connectivity index (χ4v) is 1.74. The first-order valence-electron chi connectivity index (χ1n) is 6.72. The quantitative estimate of drug-likeness (QED) is 0.840. The van der Waals surface area contributed by atoms with Crippen LogP contribution in [-0.2, 0) is 6.54 Å². The molecule has 0 aliphatic heterocycles. The Hall–Kier alpha value is -1.09. The molecule has 18 heavy (non-hydrogen) atoms. The zero-order valence-corrected chi connectivity index (χ0v) is 12.6. The number of pyridine rings is 1. The molecule has 0 radical (unpaired) electrons. The molecule has 0 aliphatic rings. The van der Waals surface area contributed by atoms with Gasteiger partial charge in [0.25, 0.3) is 0 Å². The van der Waals surface area contributed by atoms with Crippen LogP contribution in [0, 0.1) is 12.8 Å². The number of nitrogens with zero attached hydrogens (tertiary/aromatic N) is 1. The third-order valence-electron chi connectivity index (χ3n) is 2.50. The molecule has 0 amide bonds. The first-order valence-corrected chi connectivity index (χ1v) is 6.72. The lowest BCUT2D eigenvalue weighted by molar-refractivity contribution is 0.551. The first kappa shape index (κ1) is 15.0. The highest BCUT2D eigenvalue weighted by Crippen LogP contribution is 2.20. The van der Waals surface area contributed by atoms with Crippen LogP contribution in [0.4, 0.5) is 5.69 Å². The predicted molar refractivity (Wildman–Crippen MR) is 78.9 cm³/mol. The maximum atomic E-state index is 4.39. The van der Waals surface area contributed by atoms with Crippen LogP contribution in [0.1, 0.15) is 45.9 Å². The monoisotopic (exact) mass is 249 g/mol. The van der Waals surface area contributed by atoms with Gasteiger partial charge in [-0.1, -0.05) is 13.8 Å². The molecule has 1 aromatic heterocycles. The van der Waals surface area contributed by atoms with Gasteiger partial charge >= 0.3 is 0 Å². The summed E-state index contributed by atoms with van der Waals surface area (Å²) < 4.78 is 0. The van der Waals surface area contributed by atoms with E-state index >= 15 is 0 Å². The number of anilines is 1. The molecule has 3 nitrogen and oxygen atoms in total. The molecular formula is C15H27N3. The third-order valence-corrected chi connectivity index (χ3v) is 2.50. The maximum absolute atomic E-state index is 4.39. The molecule has 1 heterocycles. The second kappa shape index (κ2) is 6.19. The van der Waals surface area contributed by atoms with Gasteiger partial charge < -0.3 is 10.6 Å². The van der Waals surface area contributed by atoms with Crippen LogP contribution >= 0.6 is 0 Å². The molecule has 2 N–H and O–H groups in total. The predicted octanol–water partition coefficient (Wildman–Crippen LogP) is 3.35. The van der Waals surface area contributed by atoms with Crippen molar-refractivity contribution in [1.29, 1.82) is 0 Å².